The Morgan fingerprint density at radius 3 is 2.52 bits per heavy atom. The predicted octanol–water partition coefficient (Wildman–Crippen LogP) is 2.12. The molecule has 31 heavy (non-hydrogen) atoms. The number of nitrogens with zero attached hydrogens (tertiary/aromatic N) is 2. The van der Waals surface area contributed by atoms with Gasteiger partial charge in [-0.3, -0.25) is 4.98 Å². The molecule has 0 unspecified atom stereocenters. The topological polar surface area (TPSA) is 104 Å². The van der Waals surface area contributed by atoms with E-state index in [1.165, 1.54) is 51.0 Å². The maximum Gasteiger partial charge on any atom is 0.330 e. The zero-order valence-electron chi connectivity index (χ0n) is 17.9. The van der Waals surface area contributed by atoms with Crippen molar-refractivity contribution in [2.24, 2.45) is 0 Å². The number of pyridine rings is 1. The second kappa shape index (κ2) is 11.4. The first-order chi connectivity index (χ1) is 14.9. The molecule has 2 aromatic rings. The van der Waals surface area contributed by atoms with Crippen LogP contribution in [0.2, 0.25) is 0 Å². The van der Waals surface area contributed by atoms with Crippen molar-refractivity contribution >= 4 is 22.1 Å². The third-order valence-electron chi connectivity index (χ3n) is 4.32. The van der Waals surface area contributed by atoms with Crippen LogP contribution in [-0.2, 0) is 30.8 Å². The molecule has 168 valence electrons. The Kier molecular flexibility index (Phi) is 8.98. The molecule has 0 saturated heterocycles. The van der Waals surface area contributed by atoms with Crippen LogP contribution in [-0.4, -0.2) is 65.3 Å². The van der Waals surface area contributed by atoms with E-state index in [0.29, 0.717) is 5.56 Å². The number of carbonyl (C=O) groups is 1. The number of benzene rings is 1. The SMILES string of the molecule is COCCN(Cc1cccnc1)S(=O)(=O)c1cc(/C=C/C(=O)OC)cc(OC)c1OC. The average molecular weight is 451 g/mol. The van der Waals surface area contributed by atoms with Gasteiger partial charge in [-0.25, -0.2) is 13.2 Å². The van der Waals surface area contributed by atoms with E-state index in [1.807, 2.05) is 0 Å². The fourth-order valence-electron chi connectivity index (χ4n) is 2.78. The zero-order chi connectivity index (χ0) is 22.9. The first-order valence-corrected chi connectivity index (χ1v) is 10.7. The molecule has 0 spiro atoms. The number of methoxy groups -OCH3 is 4. The number of sulfonamides is 1. The molecule has 1 aromatic carbocycles. The van der Waals surface area contributed by atoms with Gasteiger partial charge in [0.05, 0.1) is 27.9 Å². The van der Waals surface area contributed by atoms with Gasteiger partial charge in [-0.05, 0) is 35.4 Å². The summed E-state index contributed by atoms with van der Waals surface area (Å²) in [5.74, 6) is -0.301. The van der Waals surface area contributed by atoms with Crippen molar-refractivity contribution in [2.45, 2.75) is 11.4 Å². The lowest BCUT2D eigenvalue weighted by atomic mass is 10.2. The molecule has 0 bridgehead atoms. The Morgan fingerprint density at radius 1 is 1.16 bits per heavy atom. The van der Waals surface area contributed by atoms with Gasteiger partial charge in [-0.1, -0.05) is 6.07 Å². The van der Waals surface area contributed by atoms with Crippen LogP contribution in [0.5, 0.6) is 11.5 Å². The zero-order valence-corrected chi connectivity index (χ0v) is 18.7. The molecule has 0 aliphatic carbocycles. The van der Waals surface area contributed by atoms with Gasteiger partial charge >= 0.3 is 5.97 Å². The van der Waals surface area contributed by atoms with Gasteiger partial charge in [-0.2, -0.15) is 4.31 Å². The summed E-state index contributed by atoms with van der Waals surface area (Å²) in [6.07, 6.45) is 5.84. The Labute approximate surface area is 182 Å². The van der Waals surface area contributed by atoms with Gasteiger partial charge in [0.2, 0.25) is 10.0 Å². The molecule has 0 radical (unpaired) electrons. The first kappa shape index (κ1) is 24.3. The Balaban J connectivity index is 2.58. The second-order valence-electron chi connectivity index (χ2n) is 6.30. The van der Waals surface area contributed by atoms with E-state index >= 15 is 0 Å². The standard InChI is InChI=1S/C21H26N2O7S/c1-27-11-10-23(15-17-6-5-9-22-14-17)31(25,26)19-13-16(7-8-20(24)29-3)12-18(28-2)21(19)30-4/h5-9,12-14H,10-11,15H2,1-4H3/b8-7+. The van der Waals surface area contributed by atoms with E-state index in [-0.39, 0.29) is 36.1 Å². The molecule has 2 rings (SSSR count). The summed E-state index contributed by atoms with van der Waals surface area (Å²) >= 11 is 0. The lowest BCUT2D eigenvalue weighted by Gasteiger charge is -2.24. The van der Waals surface area contributed by atoms with Crippen molar-refractivity contribution in [3.8, 4) is 11.5 Å². The van der Waals surface area contributed by atoms with Gasteiger partial charge in [0, 0.05) is 38.7 Å². The highest BCUT2D eigenvalue weighted by Crippen LogP contribution is 2.37. The number of aromatic nitrogens is 1. The maximum atomic E-state index is 13.6. The third-order valence-corrected chi connectivity index (χ3v) is 6.18. The molecule has 1 heterocycles. The largest absolute Gasteiger partial charge is 0.493 e. The molecule has 0 N–H and O–H groups in total. The van der Waals surface area contributed by atoms with Crippen LogP contribution in [0.25, 0.3) is 6.08 Å². The summed E-state index contributed by atoms with van der Waals surface area (Å²) in [6.45, 7) is 0.398. The summed E-state index contributed by atoms with van der Waals surface area (Å²) in [5, 5.41) is 0. The lowest BCUT2D eigenvalue weighted by Crippen LogP contribution is -2.34. The van der Waals surface area contributed by atoms with Crippen LogP contribution >= 0.6 is 0 Å². The van der Waals surface area contributed by atoms with Crippen molar-refractivity contribution in [1.29, 1.82) is 0 Å². The first-order valence-electron chi connectivity index (χ1n) is 9.27. The molecule has 0 aliphatic rings. The number of esters is 1. The molecule has 0 amide bonds. The quantitative estimate of drug-likeness (QED) is 0.379. The molecular formula is C21H26N2O7S. The summed E-state index contributed by atoms with van der Waals surface area (Å²) < 4.78 is 48.9. The third kappa shape index (κ3) is 6.27. The minimum atomic E-state index is -4.04. The van der Waals surface area contributed by atoms with Gasteiger partial charge in [-0.15, -0.1) is 0 Å². The molecule has 1 aromatic heterocycles. The summed E-state index contributed by atoms with van der Waals surface area (Å²) in [4.78, 5) is 15.4. The number of rotatable bonds is 11. The van der Waals surface area contributed by atoms with Crippen LogP contribution in [0.15, 0.2) is 47.6 Å². The number of carbonyl (C=O) groups excluding carboxylic acids is 1. The van der Waals surface area contributed by atoms with Crippen LogP contribution in [0, 0.1) is 0 Å². The average Bonchev–Trinajstić information content (AvgIpc) is 2.79. The van der Waals surface area contributed by atoms with E-state index in [4.69, 9.17) is 14.2 Å². The van der Waals surface area contributed by atoms with Crippen molar-refractivity contribution in [2.75, 3.05) is 41.6 Å². The van der Waals surface area contributed by atoms with Gasteiger partial charge in [0.15, 0.2) is 11.5 Å². The second-order valence-corrected chi connectivity index (χ2v) is 8.21. The maximum absolute atomic E-state index is 13.6. The number of hydrogen-bond acceptors (Lipinski definition) is 8. The molecule has 0 atom stereocenters. The normalized spacial score (nSPS) is 11.6. The van der Waals surface area contributed by atoms with Gasteiger partial charge in [0.25, 0.3) is 0 Å². The highest BCUT2D eigenvalue weighted by atomic mass is 32.2. The fourth-order valence-corrected chi connectivity index (χ4v) is 4.40. The van der Waals surface area contributed by atoms with Crippen LogP contribution < -0.4 is 9.47 Å². The highest BCUT2D eigenvalue weighted by molar-refractivity contribution is 7.89. The lowest BCUT2D eigenvalue weighted by molar-refractivity contribution is -0.134. The van der Waals surface area contributed by atoms with Crippen LogP contribution in [0.3, 0.4) is 0 Å². The fraction of sp³-hybridized carbons (Fsp3) is 0.333. The predicted molar refractivity (Wildman–Crippen MR) is 114 cm³/mol. The van der Waals surface area contributed by atoms with E-state index in [9.17, 15) is 13.2 Å². The van der Waals surface area contributed by atoms with Crippen LogP contribution in [0.1, 0.15) is 11.1 Å². The van der Waals surface area contributed by atoms with Crippen molar-refractivity contribution in [3.05, 3.63) is 53.9 Å². The minimum Gasteiger partial charge on any atom is -0.493 e. The van der Waals surface area contributed by atoms with Gasteiger partial charge < -0.3 is 18.9 Å². The van der Waals surface area contributed by atoms with Crippen molar-refractivity contribution in [3.63, 3.8) is 0 Å². The van der Waals surface area contributed by atoms with E-state index in [1.54, 1.807) is 30.6 Å². The Hall–Kier alpha value is -2.95. The number of ether oxygens (including phenoxy) is 4. The van der Waals surface area contributed by atoms with E-state index in [0.717, 1.165) is 5.56 Å². The summed E-state index contributed by atoms with van der Waals surface area (Å²) in [6, 6.07) is 6.50. The van der Waals surface area contributed by atoms with Crippen LogP contribution in [0.4, 0.5) is 0 Å². The molecular weight excluding hydrogens is 424 g/mol. The minimum absolute atomic E-state index is 0.0614. The monoisotopic (exact) mass is 450 g/mol. The molecule has 0 fully saturated rings. The summed E-state index contributed by atoms with van der Waals surface area (Å²) in [5.41, 5.74) is 1.14. The summed E-state index contributed by atoms with van der Waals surface area (Å²) in [7, 11) is 1.47. The van der Waals surface area contributed by atoms with Gasteiger partial charge in [0.1, 0.15) is 4.90 Å². The molecule has 0 aliphatic heterocycles. The Morgan fingerprint density at radius 2 is 1.94 bits per heavy atom. The Bertz CT molecular complexity index is 1010. The van der Waals surface area contributed by atoms with Crippen molar-refractivity contribution in [1.82, 2.24) is 9.29 Å². The smallest absolute Gasteiger partial charge is 0.330 e. The molecule has 9 nitrogen and oxygen atoms in total. The molecule has 10 heteroatoms. The van der Waals surface area contributed by atoms with Crippen molar-refractivity contribution < 1.29 is 32.2 Å². The van der Waals surface area contributed by atoms with E-state index in [2.05, 4.69) is 9.72 Å². The highest BCUT2D eigenvalue weighted by Gasteiger charge is 2.30. The number of hydrogen-bond donors (Lipinski definition) is 0. The van der Waals surface area contributed by atoms with E-state index < -0.39 is 16.0 Å². The molecule has 0 saturated carbocycles.